The second-order valence-corrected chi connectivity index (χ2v) is 6.99. The zero-order chi connectivity index (χ0) is 18.4. The molecular formula is C21H27ClN2O2. The fraction of sp³-hybridized carbons (Fsp3) is 0.429. The van der Waals surface area contributed by atoms with E-state index in [9.17, 15) is 0 Å². The smallest absolute Gasteiger partial charge is 0.119 e. The summed E-state index contributed by atoms with van der Waals surface area (Å²) in [4.78, 5) is 2.39. The number of nitrogens with two attached hydrogens (primary N) is 1. The van der Waals surface area contributed by atoms with Gasteiger partial charge in [-0.15, -0.1) is 0 Å². The van der Waals surface area contributed by atoms with E-state index < -0.39 is 0 Å². The Morgan fingerprint density at radius 3 is 2.65 bits per heavy atom. The van der Waals surface area contributed by atoms with Crippen LogP contribution < -0.4 is 15.4 Å². The molecule has 140 valence electrons. The summed E-state index contributed by atoms with van der Waals surface area (Å²) in [5.74, 6) is 0.895. The first-order chi connectivity index (χ1) is 12.7. The number of hydrogen-bond acceptors (Lipinski definition) is 4. The van der Waals surface area contributed by atoms with Crippen molar-refractivity contribution in [2.24, 2.45) is 5.73 Å². The van der Waals surface area contributed by atoms with Crippen LogP contribution in [0.3, 0.4) is 0 Å². The van der Waals surface area contributed by atoms with Crippen LogP contribution in [-0.2, 0) is 17.6 Å². The molecule has 0 atom stereocenters. The lowest BCUT2D eigenvalue weighted by atomic mass is 10.0. The van der Waals surface area contributed by atoms with E-state index >= 15 is 0 Å². The van der Waals surface area contributed by atoms with Crippen molar-refractivity contribution in [2.45, 2.75) is 25.7 Å². The van der Waals surface area contributed by atoms with Crippen LogP contribution in [0.1, 0.15) is 24.0 Å². The van der Waals surface area contributed by atoms with Gasteiger partial charge in [0.05, 0.1) is 6.61 Å². The fourth-order valence-corrected chi connectivity index (χ4v) is 3.58. The zero-order valence-electron chi connectivity index (χ0n) is 15.3. The minimum atomic E-state index is 0.561. The number of ether oxygens (including phenoxy) is 2. The summed E-state index contributed by atoms with van der Waals surface area (Å²) < 4.78 is 10.9. The maximum atomic E-state index is 6.30. The Hall–Kier alpha value is -1.75. The molecule has 3 rings (SSSR count). The topological polar surface area (TPSA) is 47.7 Å². The van der Waals surface area contributed by atoms with Gasteiger partial charge in [-0.2, -0.15) is 0 Å². The molecule has 0 radical (unpaired) electrons. The first kappa shape index (κ1) is 19.0. The molecule has 0 unspecified atom stereocenters. The van der Waals surface area contributed by atoms with Gasteiger partial charge in [0.2, 0.25) is 0 Å². The van der Waals surface area contributed by atoms with E-state index in [2.05, 4.69) is 29.2 Å². The van der Waals surface area contributed by atoms with E-state index in [0.717, 1.165) is 49.5 Å². The SMILES string of the molecule is COCCOc1ccc2c(c1)CCc1ccc(Cl)cc1N2CCCCN. The highest BCUT2D eigenvalue weighted by Crippen LogP contribution is 2.39. The quantitative estimate of drug-likeness (QED) is 0.698. The summed E-state index contributed by atoms with van der Waals surface area (Å²) in [6, 6.07) is 12.6. The zero-order valence-corrected chi connectivity index (χ0v) is 16.1. The molecule has 0 amide bonds. The van der Waals surface area contributed by atoms with Crippen LogP contribution >= 0.6 is 11.6 Å². The Morgan fingerprint density at radius 2 is 1.85 bits per heavy atom. The summed E-state index contributed by atoms with van der Waals surface area (Å²) >= 11 is 6.30. The molecule has 0 aromatic heterocycles. The van der Waals surface area contributed by atoms with Crippen molar-refractivity contribution in [2.75, 3.05) is 38.3 Å². The number of aryl methyl sites for hydroxylation is 2. The van der Waals surface area contributed by atoms with Gasteiger partial charge in [0.15, 0.2) is 0 Å². The fourth-order valence-electron chi connectivity index (χ4n) is 3.41. The lowest BCUT2D eigenvalue weighted by Gasteiger charge is -2.27. The molecule has 5 heteroatoms. The van der Waals surface area contributed by atoms with E-state index in [1.165, 1.54) is 22.5 Å². The van der Waals surface area contributed by atoms with E-state index in [4.69, 9.17) is 26.8 Å². The van der Waals surface area contributed by atoms with Crippen LogP contribution in [0.4, 0.5) is 11.4 Å². The monoisotopic (exact) mass is 374 g/mol. The number of benzene rings is 2. The molecule has 4 nitrogen and oxygen atoms in total. The van der Waals surface area contributed by atoms with Gasteiger partial charge >= 0.3 is 0 Å². The predicted octanol–water partition coefficient (Wildman–Crippen LogP) is 4.34. The van der Waals surface area contributed by atoms with Gasteiger partial charge < -0.3 is 20.1 Å². The molecule has 0 fully saturated rings. The largest absolute Gasteiger partial charge is 0.491 e. The molecule has 1 aliphatic rings. The second kappa shape index (κ2) is 9.26. The summed E-state index contributed by atoms with van der Waals surface area (Å²) in [5.41, 5.74) is 10.8. The summed E-state index contributed by atoms with van der Waals surface area (Å²) in [6.45, 7) is 2.80. The van der Waals surface area contributed by atoms with Crippen LogP contribution in [0, 0.1) is 0 Å². The van der Waals surface area contributed by atoms with Gasteiger partial charge in [-0.25, -0.2) is 0 Å². The molecule has 1 heterocycles. The molecular weight excluding hydrogens is 348 g/mol. The van der Waals surface area contributed by atoms with Gasteiger partial charge in [-0.1, -0.05) is 17.7 Å². The lowest BCUT2D eigenvalue weighted by molar-refractivity contribution is 0.146. The molecule has 0 aliphatic carbocycles. The Morgan fingerprint density at radius 1 is 1.00 bits per heavy atom. The number of hydrogen-bond donors (Lipinski definition) is 1. The number of unbranched alkanes of at least 4 members (excludes halogenated alkanes) is 1. The number of methoxy groups -OCH3 is 1. The van der Waals surface area contributed by atoms with Gasteiger partial charge in [0.25, 0.3) is 0 Å². The normalized spacial score (nSPS) is 13.1. The van der Waals surface area contributed by atoms with Crippen LogP contribution in [0.25, 0.3) is 0 Å². The molecule has 2 N–H and O–H groups in total. The maximum absolute atomic E-state index is 6.30. The van der Waals surface area contributed by atoms with Gasteiger partial charge in [-0.05, 0) is 73.7 Å². The number of fused-ring (bicyclic) bond motifs is 2. The van der Waals surface area contributed by atoms with Crippen molar-refractivity contribution in [3.05, 3.63) is 52.5 Å². The minimum absolute atomic E-state index is 0.561. The highest BCUT2D eigenvalue weighted by molar-refractivity contribution is 6.30. The average molecular weight is 375 g/mol. The van der Waals surface area contributed by atoms with E-state index in [-0.39, 0.29) is 0 Å². The number of rotatable bonds is 8. The Bertz CT molecular complexity index is 736. The van der Waals surface area contributed by atoms with Gasteiger partial charge in [0, 0.05) is 30.1 Å². The highest BCUT2D eigenvalue weighted by Gasteiger charge is 2.21. The Kier molecular flexibility index (Phi) is 6.78. The first-order valence-electron chi connectivity index (χ1n) is 9.23. The molecule has 26 heavy (non-hydrogen) atoms. The van der Waals surface area contributed by atoms with Crippen LogP contribution in [0.2, 0.25) is 5.02 Å². The molecule has 2 aromatic rings. The minimum Gasteiger partial charge on any atom is -0.491 e. The van der Waals surface area contributed by atoms with Crippen molar-refractivity contribution in [3.8, 4) is 5.75 Å². The standard InChI is InChI=1S/C21H27ClN2O2/c1-25-12-13-26-19-8-9-20-17(14-19)5-4-16-6-7-18(22)15-21(16)24(20)11-3-2-10-23/h6-9,14-15H,2-5,10-13,23H2,1H3. The highest BCUT2D eigenvalue weighted by atomic mass is 35.5. The summed E-state index contributed by atoms with van der Waals surface area (Å²) in [6.07, 6.45) is 4.04. The summed E-state index contributed by atoms with van der Waals surface area (Å²) in [5, 5.41) is 0.774. The Balaban J connectivity index is 1.92. The molecule has 1 aliphatic heterocycles. The number of halogens is 1. The first-order valence-corrected chi connectivity index (χ1v) is 9.61. The van der Waals surface area contributed by atoms with Crippen molar-refractivity contribution < 1.29 is 9.47 Å². The van der Waals surface area contributed by atoms with E-state index in [0.29, 0.717) is 13.2 Å². The Labute approximate surface area is 160 Å². The second-order valence-electron chi connectivity index (χ2n) is 6.55. The van der Waals surface area contributed by atoms with Crippen molar-refractivity contribution in [3.63, 3.8) is 0 Å². The lowest BCUT2D eigenvalue weighted by Crippen LogP contribution is -2.20. The molecule has 2 aromatic carbocycles. The molecule has 0 saturated heterocycles. The van der Waals surface area contributed by atoms with Gasteiger partial charge in [0.1, 0.15) is 12.4 Å². The van der Waals surface area contributed by atoms with Crippen molar-refractivity contribution in [1.82, 2.24) is 0 Å². The summed E-state index contributed by atoms with van der Waals surface area (Å²) in [7, 11) is 1.68. The maximum Gasteiger partial charge on any atom is 0.119 e. The predicted molar refractivity (Wildman–Crippen MR) is 108 cm³/mol. The molecule has 0 saturated carbocycles. The van der Waals surface area contributed by atoms with Gasteiger partial charge in [-0.3, -0.25) is 0 Å². The number of nitrogens with zero attached hydrogens (tertiary/aromatic N) is 1. The van der Waals surface area contributed by atoms with Crippen LogP contribution in [-0.4, -0.2) is 33.4 Å². The van der Waals surface area contributed by atoms with E-state index in [1.54, 1.807) is 7.11 Å². The van der Waals surface area contributed by atoms with Crippen molar-refractivity contribution in [1.29, 1.82) is 0 Å². The third-order valence-electron chi connectivity index (χ3n) is 4.74. The van der Waals surface area contributed by atoms with E-state index in [1.807, 2.05) is 12.1 Å². The molecule has 0 bridgehead atoms. The third-order valence-corrected chi connectivity index (χ3v) is 4.97. The average Bonchev–Trinajstić information content (AvgIpc) is 2.79. The van der Waals surface area contributed by atoms with Crippen LogP contribution in [0.5, 0.6) is 5.75 Å². The molecule has 0 spiro atoms. The van der Waals surface area contributed by atoms with Crippen molar-refractivity contribution >= 4 is 23.0 Å². The van der Waals surface area contributed by atoms with Crippen LogP contribution in [0.15, 0.2) is 36.4 Å². The number of anilines is 2. The third kappa shape index (κ3) is 4.50.